The fraction of sp³-hybridized carbons (Fsp3) is 0.172. The molecule has 3 heterocycles. The van der Waals surface area contributed by atoms with Crippen LogP contribution < -0.4 is 5.56 Å². The van der Waals surface area contributed by atoms with Crippen LogP contribution in [-0.4, -0.2) is 20.3 Å². The lowest BCUT2D eigenvalue weighted by atomic mass is 10.0. The molecular weight excluding hydrogens is 479 g/mol. The average Bonchev–Trinajstić information content (AvgIpc) is 2.88. The highest BCUT2D eigenvalue weighted by Gasteiger charge is 2.30. The van der Waals surface area contributed by atoms with Crippen LogP contribution in [-0.2, 0) is 17.4 Å². The summed E-state index contributed by atoms with van der Waals surface area (Å²) in [6.45, 7) is 3.70. The summed E-state index contributed by atoms with van der Waals surface area (Å²) in [6.07, 6.45) is -1.00. The molecule has 37 heavy (non-hydrogen) atoms. The Morgan fingerprint density at radius 1 is 0.919 bits per heavy atom. The first-order valence-corrected chi connectivity index (χ1v) is 11.7. The van der Waals surface area contributed by atoms with Gasteiger partial charge in [-0.15, -0.1) is 0 Å². The Morgan fingerprint density at radius 2 is 1.70 bits per heavy atom. The highest BCUT2D eigenvalue weighted by molar-refractivity contribution is 6.05. The molecule has 0 saturated heterocycles. The maximum absolute atomic E-state index is 13.4. The lowest BCUT2D eigenvalue weighted by Gasteiger charge is -2.15. The number of pyridine rings is 3. The average molecular weight is 502 g/mol. The van der Waals surface area contributed by atoms with Crippen LogP contribution in [0.4, 0.5) is 13.2 Å². The molecule has 2 aromatic carbocycles. The van der Waals surface area contributed by atoms with Crippen LogP contribution in [0.2, 0.25) is 0 Å². The molecule has 0 amide bonds. The standard InChI is InChI=1S/C29H22F3N3O2/c1-17(2)26(36)14-22-9-6-19(15-33-22)18-7-10-25-24(12-18)28-20(16-34-25)8-11-27(37)35(28)23-5-3-4-21(13-23)29(30,31)32/h3-13,15-17H,14H2,1-2H3. The zero-order chi connectivity index (χ0) is 26.3. The summed E-state index contributed by atoms with van der Waals surface area (Å²) in [5.41, 5.74) is 2.14. The summed E-state index contributed by atoms with van der Waals surface area (Å²) in [6, 6.07) is 16.8. The van der Waals surface area contributed by atoms with Crippen LogP contribution >= 0.6 is 0 Å². The van der Waals surface area contributed by atoms with Crippen LogP contribution in [0.15, 0.2) is 83.9 Å². The maximum atomic E-state index is 13.4. The predicted molar refractivity (Wildman–Crippen MR) is 137 cm³/mol. The Morgan fingerprint density at radius 3 is 2.41 bits per heavy atom. The molecule has 0 radical (unpaired) electrons. The molecule has 0 aliphatic heterocycles. The van der Waals surface area contributed by atoms with E-state index in [4.69, 9.17) is 0 Å². The van der Waals surface area contributed by atoms with Crippen LogP contribution in [0.3, 0.4) is 0 Å². The minimum Gasteiger partial charge on any atom is -0.299 e. The number of hydrogen-bond acceptors (Lipinski definition) is 4. The van der Waals surface area contributed by atoms with E-state index in [9.17, 15) is 22.8 Å². The molecule has 0 fully saturated rings. The highest BCUT2D eigenvalue weighted by Crippen LogP contribution is 2.32. The summed E-state index contributed by atoms with van der Waals surface area (Å²) in [7, 11) is 0. The van der Waals surface area contributed by atoms with Gasteiger partial charge in [0.1, 0.15) is 5.78 Å². The number of aromatic nitrogens is 3. The number of carbonyl (C=O) groups is 1. The zero-order valence-electron chi connectivity index (χ0n) is 20.1. The summed E-state index contributed by atoms with van der Waals surface area (Å²) >= 11 is 0. The van der Waals surface area contributed by atoms with Crippen LogP contribution in [0.1, 0.15) is 25.1 Å². The van der Waals surface area contributed by atoms with E-state index in [1.54, 1.807) is 30.6 Å². The molecule has 5 aromatic rings. The van der Waals surface area contributed by atoms with Gasteiger partial charge in [-0.2, -0.15) is 13.2 Å². The molecule has 8 heteroatoms. The first-order valence-electron chi connectivity index (χ1n) is 11.7. The monoisotopic (exact) mass is 501 g/mol. The van der Waals surface area contributed by atoms with Gasteiger partial charge < -0.3 is 0 Å². The Labute approximate surface area is 210 Å². The fourth-order valence-electron chi connectivity index (χ4n) is 4.25. The number of carbonyl (C=O) groups excluding carboxylic acids is 1. The van der Waals surface area contributed by atoms with Crippen LogP contribution in [0, 0.1) is 5.92 Å². The molecule has 186 valence electrons. The van der Waals surface area contributed by atoms with Gasteiger partial charge >= 0.3 is 6.18 Å². The Hall–Kier alpha value is -4.33. The number of benzene rings is 2. The van der Waals surface area contributed by atoms with Gasteiger partial charge in [0.25, 0.3) is 5.56 Å². The number of alkyl halides is 3. The van der Waals surface area contributed by atoms with E-state index in [1.807, 2.05) is 32.0 Å². The second-order valence-corrected chi connectivity index (χ2v) is 9.19. The van der Waals surface area contributed by atoms with Crippen molar-refractivity contribution in [3.63, 3.8) is 0 Å². The molecule has 0 aliphatic rings. The fourth-order valence-corrected chi connectivity index (χ4v) is 4.25. The second kappa shape index (κ2) is 9.28. The van der Waals surface area contributed by atoms with Gasteiger partial charge in [-0.1, -0.05) is 32.0 Å². The zero-order valence-corrected chi connectivity index (χ0v) is 20.1. The highest BCUT2D eigenvalue weighted by atomic mass is 19.4. The van der Waals surface area contributed by atoms with Crippen molar-refractivity contribution in [3.8, 4) is 16.8 Å². The Balaban J connectivity index is 1.67. The van der Waals surface area contributed by atoms with Gasteiger partial charge in [-0.25, -0.2) is 0 Å². The smallest absolute Gasteiger partial charge is 0.299 e. The van der Waals surface area contributed by atoms with E-state index in [-0.39, 0.29) is 23.8 Å². The third-order valence-corrected chi connectivity index (χ3v) is 6.31. The molecule has 3 aromatic heterocycles. The van der Waals surface area contributed by atoms with Gasteiger partial charge in [-0.3, -0.25) is 24.1 Å². The number of ketones is 1. The molecule has 5 rings (SSSR count). The van der Waals surface area contributed by atoms with Crippen molar-refractivity contribution in [2.75, 3.05) is 0 Å². The molecule has 0 atom stereocenters. The summed E-state index contributed by atoms with van der Waals surface area (Å²) in [5, 5.41) is 1.23. The van der Waals surface area contributed by atoms with Crippen LogP contribution in [0.25, 0.3) is 38.6 Å². The first-order chi connectivity index (χ1) is 17.6. The largest absolute Gasteiger partial charge is 0.416 e. The topological polar surface area (TPSA) is 64.8 Å². The van der Waals surface area contributed by atoms with Crippen molar-refractivity contribution in [2.24, 2.45) is 5.92 Å². The molecule has 0 aliphatic carbocycles. The van der Waals surface area contributed by atoms with Crippen molar-refractivity contribution in [1.82, 2.24) is 14.5 Å². The van der Waals surface area contributed by atoms with Crippen molar-refractivity contribution < 1.29 is 18.0 Å². The summed E-state index contributed by atoms with van der Waals surface area (Å²) in [4.78, 5) is 34.0. The third kappa shape index (κ3) is 4.74. The van der Waals surface area contributed by atoms with Crippen LogP contribution in [0.5, 0.6) is 0 Å². The number of Topliss-reactive ketones (excluding diaryl/α,β-unsaturated/α-hetero) is 1. The molecule has 5 nitrogen and oxygen atoms in total. The summed E-state index contributed by atoms with van der Waals surface area (Å²) < 4.78 is 41.5. The normalized spacial score (nSPS) is 11.9. The molecule has 0 saturated carbocycles. The van der Waals surface area contributed by atoms with Gasteiger partial charge in [0.15, 0.2) is 0 Å². The molecule has 0 spiro atoms. The van der Waals surface area contributed by atoms with E-state index in [0.29, 0.717) is 27.5 Å². The Bertz CT molecular complexity index is 1700. The maximum Gasteiger partial charge on any atom is 0.416 e. The van der Waals surface area contributed by atoms with Gasteiger partial charge in [0, 0.05) is 58.5 Å². The number of fused-ring (bicyclic) bond motifs is 3. The van der Waals surface area contributed by atoms with Crippen molar-refractivity contribution in [2.45, 2.75) is 26.4 Å². The van der Waals surface area contributed by atoms with Crippen molar-refractivity contribution in [3.05, 3.63) is 101 Å². The SMILES string of the molecule is CC(C)C(=O)Cc1ccc(-c2ccc3ncc4ccc(=O)n(-c5cccc(C(F)(F)F)c5)c4c3c2)cn1. The lowest BCUT2D eigenvalue weighted by molar-refractivity contribution is -0.137. The van der Waals surface area contributed by atoms with E-state index in [0.717, 1.165) is 23.3 Å². The van der Waals surface area contributed by atoms with Gasteiger partial charge in [0.05, 0.1) is 16.6 Å². The quantitative estimate of drug-likeness (QED) is 0.262. The van der Waals surface area contributed by atoms with Crippen molar-refractivity contribution in [1.29, 1.82) is 0 Å². The number of nitrogens with zero attached hydrogens (tertiary/aromatic N) is 3. The molecule has 0 N–H and O–H groups in total. The van der Waals surface area contributed by atoms with Gasteiger partial charge in [-0.05, 0) is 48.0 Å². The second-order valence-electron chi connectivity index (χ2n) is 9.19. The first kappa shape index (κ1) is 24.4. The molecule has 0 unspecified atom stereocenters. The number of hydrogen-bond donors (Lipinski definition) is 0. The van der Waals surface area contributed by atoms with Crippen molar-refractivity contribution >= 4 is 27.6 Å². The molecular formula is C29H22F3N3O2. The van der Waals surface area contributed by atoms with E-state index < -0.39 is 17.3 Å². The number of rotatable bonds is 5. The Kier molecular flexibility index (Phi) is 6.11. The lowest BCUT2D eigenvalue weighted by Crippen LogP contribution is -2.18. The van der Waals surface area contributed by atoms with E-state index in [2.05, 4.69) is 9.97 Å². The number of halogens is 3. The van der Waals surface area contributed by atoms with Gasteiger partial charge in [0.2, 0.25) is 0 Å². The van der Waals surface area contributed by atoms with E-state index >= 15 is 0 Å². The summed E-state index contributed by atoms with van der Waals surface area (Å²) in [5.74, 6) is 0.0354. The minimum absolute atomic E-state index is 0.0721. The van der Waals surface area contributed by atoms with E-state index in [1.165, 1.54) is 22.8 Å². The third-order valence-electron chi connectivity index (χ3n) is 6.31. The minimum atomic E-state index is -4.54. The predicted octanol–water partition coefficient (Wildman–Crippen LogP) is 6.39. The molecule has 0 bridgehead atoms.